The van der Waals surface area contributed by atoms with Crippen molar-refractivity contribution in [1.29, 1.82) is 5.26 Å². The lowest BCUT2D eigenvalue weighted by Gasteiger charge is -2.01. The molecule has 0 fully saturated rings. The van der Waals surface area contributed by atoms with Gasteiger partial charge in [0.1, 0.15) is 0 Å². The Labute approximate surface area is 94.9 Å². The first-order valence-electron chi connectivity index (χ1n) is 5.26. The second-order valence-electron chi connectivity index (χ2n) is 4.04. The summed E-state index contributed by atoms with van der Waals surface area (Å²) in [6.45, 7) is 4.26. The van der Waals surface area contributed by atoms with Gasteiger partial charge in [-0.2, -0.15) is 10.4 Å². The molecule has 0 amide bonds. The predicted octanol–water partition coefficient (Wildman–Crippen LogP) is 2.87. The van der Waals surface area contributed by atoms with Crippen molar-refractivity contribution in [1.82, 2.24) is 9.78 Å². The van der Waals surface area contributed by atoms with Crippen molar-refractivity contribution in [3.63, 3.8) is 0 Å². The Kier molecular flexibility index (Phi) is 2.74. The molecule has 2 aromatic rings. The SMILES string of the molecule is CC(C)c1cnn(-c2cccc(C#N)c2)c1. The quantitative estimate of drug-likeness (QED) is 0.766. The standard InChI is InChI=1S/C13H13N3/c1-10(2)12-8-15-16(9-12)13-5-3-4-11(6-13)7-14/h3-6,8-10H,1-2H3. The Morgan fingerprint density at radius 1 is 1.38 bits per heavy atom. The monoisotopic (exact) mass is 211 g/mol. The Hall–Kier alpha value is -2.08. The average Bonchev–Trinajstić information content (AvgIpc) is 2.78. The van der Waals surface area contributed by atoms with Gasteiger partial charge in [0.15, 0.2) is 0 Å². The van der Waals surface area contributed by atoms with Crippen molar-refractivity contribution in [3.8, 4) is 11.8 Å². The van der Waals surface area contributed by atoms with Crippen molar-refractivity contribution < 1.29 is 0 Å². The zero-order valence-corrected chi connectivity index (χ0v) is 9.38. The van der Waals surface area contributed by atoms with E-state index in [4.69, 9.17) is 5.26 Å². The number of nitrogens with zero attached hydrogens (tertiary/aromatic N) is 3. The smallest absolute Gasteiger partial charge is 0.0992 e. The molecule has 2 rings (SSSR count). The molecule has 0 saturated heterocycles. The second kappa shape index (κ2) is 4.19. The molecule has 0 unspecified atom stereocenters. The minimum absolute atomic E-state index is 0.466. The van der Waals surface area contributed by atoms with E-state index in [0.29, 0.717) is 11.5 Å². The number of nitriles is 1. The van der Waals surface area contributed by atoms with E-state index in [2.05, 4.69) is 25.0 Å². The van der Waals surface area contributed by atoms with Gasteiger partial charge < -0.3 is 0 Å². The predicted molar refractivity (Wildman–Crippen MR) is 62.4 cm³/mol. The molecular formula is C13H13N3. The molecule has 3 heteroatoms. The maximum Gasteiger partial charge on any atom is 0.0992 e. The van der Waals surface area contributed by atoms with Crippen molar-refractivity contribution in [2.75, 3.05) is 0 Å². The molecule has 0 radical (unpaired) electrons. The first-order chi connectivity index (χ1) is 7.70. The van der Waals surface area contributed by atoms with Gasteiger partial charge in [0, 0.05) is 6.20 Å². The maximum atomic E-state index is 8.82. The van der Waals surface area contributed by atoms with Crippen molar-refractivity contribution in [2.45, 2.75) is 19.8 Å². The van der Waals surface area contributed by atoms with E-state index >= 15 is 0 Å². The fourth-order valence-electron chi connectivity index (χ4n) is 1.49. The summed E-state index contributed by atoms with van der Waals surface area (Å²) in [4.78, 5) is 0. The van der Waals surface area contributed by atoms with E-state index in [-0.39, 0.29) is 0 Å². The molecule has 0 aliphatic rings. The number of aromatic nitrogens is 2. The third-order valence-corrected chi connectivity index (χ3v) is 2.51. The Morgan fingerprint density at radius 3 is 2.81 bits per heavy atom. The Morgan fingerprint density at radius 2 is 2.19 bits per heavy atom. The van der Waals surface area contributed by atoms with Gasteiger partial charge in [0.05, 0.1) is 23.5 Å². The van der Waals surface area contributed by atoms with Gasteiger partial charge >= 0.3 is 0 Å². The van der Waals surface area contributed by atoms with Gasteiger partial charge in [-0.25, -0.2) is 4.68 Å². The summed E-state index contributed by atoms with van der Waals surface area (Å²) in [6, 6.07) is 9.55. The molecule has 0 bridgehead atoms. The minimum atomic E-state index is 0.466. The lowest BCUT2D eigenvalue weighted by atomic mass is 10.1. The highest BCUT2D eigenvalue weighted by Gasteiger charge is 2.04. The molecule has 1 aromatic carbocycles. The largest absolute Gasteiger partial charge is 0.241 e. The van der Waals surface area contributed by atoms with Crippen LogP contribution in [0.4, 0.5) is 0 Å². The summed E-state index contributed by atoms with van der Waals surface area (Å²) in [5.41, 5.74) is 2.77. The Balaban J connectivity index is 2.39. The second-order valence-corrected chi connectivity index (χ2v) is 4.04. The van der Waals surface area contributed by atoms with Crippen molar-refractivity contribution >= 4 is 0 Å². The third-order valence-electron chi connectivity index (χ3n) is 2.51. The summed E-state index contributed by atoms with van der Waals surface area (Å²) in [5, 5.41) is 13.1. The molecule has 0 N–H and O–H groups in total. The molecule has 0 spiro atoms. The van der Waals surface area contributed by atoms with E-state index in [9.17, 15) is 0 Å². The minimum Gasteiger partial charge on any atom is -0.241 e. The van der Waals surface area contributed by atoms with Crippen LogP contribution in [0.15, 0.2) is 36.7 Å². The van der Waals surface area contributed by atoms with E-state index in [1.54, 1.807) is 10.7 Å². The van der Waals surface area contributed by atoms with Crippen LogP contribution in [-0.2, 0) is 0 Å². The van der Waals surface area contributed by atoms with Crippen LogP contribution in [0.1, 0.15) is 30.9 Å². The summed E-state index contributed by atoms with van der Waals surface area (Å²) >= 11 is 0. The van der Waals surface area contributed by atoms with Crippen LogP contribution < -0.4 is 0 Å². The molecule has 0 aliphatic carbocycles. The first kappa shape index (κ1) is 10.4. The van der Waals surface area contributed by atoms with Crippen LogP contribution in [0, 0.1) is 11.3 Å². The lowest BCUT2D eigenvalue weighted by molar-refractivity contribution is 0.858. The van der Waals surface area contributed by atoms with Gasteiger partial charge in [-0.15, -0.1) is 0 Å². The summed E-state index contributed by atoms with van der Waals surface area (Å²) in [6.07, 6.45) is 3.87. The normalized spacial score (nSPS) is 10.4. The van der Waals surface area contributed by atoms with E-state index < -0.39 is 0 Å². The van der Waals surface area contributed by atoms with Gasteiger partial charge in [-0.3, -0.25) is 0 Å². The fraction of sp³-hybridized carbons (Fsp3) is 0.231. The topological polar surface area (TPSA) is 41.6 Å². The van der Waals surface area contributed by atoms with Crippen LogP contribution in [-0.4, -0.2) is 9.78 Å². The number of rotatable bonds is 2. The lowest BCUT2D eigenvalue weighted by Crippen LogP contribution is -1.94. The summed E-state index contributed by atoms with van der Waals surface area (Å²) < 4.78 is 1.80. The zero-order chi connectivity index (χ0) is 11.5. The molecule has 1 heterocycles. The van der Waals surface area contributed by atoms with Crippen LogP contribution >= 0.6 is 0 Å². The molecule has 0 saturated carbocycles. The van der Waals surface area contributed by atoms with Gasteiger partial charge in [-0.05, 0) is 29.7 Å². The zero-order valence-electron chi connectivity index (χ0n) is 9.38. The molecule has 1 aromatic heterocycles. The molecule has 80 valence electrons. The van der Waals surface area contributed by atoms with Gasteiger partial charge in [-0.1, -0.05) is 19.9 Å². The highest BCUT2D eigenvalue weighted by Crippen LogP contribution is 2.16. The Bertz CT molecular complexity index is 532. The van der Waals surface area contributed by atoms with Crippen LogP contribution in [0.2, 0.25) is 0 Å². The van der Waals surface area contributed by atoms with Gasteiger partial charge in [0.2, 0.25) is 0 Å². The highest BCUT2D eigenvalue weighted by atomic mass is 15.3. The van der Waals surface area contributed by atoms with E-state index in [1.165, 1.54) is 5.56 Å². The van der Waals surface area contributed by atoms with Crippen LogP contribution in [0.3, 0.4) is 0 Å². The van der Waals surface area contributed by atoms with E-state index in [0.717, 1.165) is 5.69 Å². The van der Waals surface area contributed by atoms with Gasteiger partial charge in [0.25, 0.3) is 0 Å². The van der Waals surface area contributed by atoms with Crippen LogP contribution in [0.25, 0.3) is 5.69 Å². The van der Waals surface area contributed by atoms with Crippen molar-refractivity contribution in [2.24, 2.45) is 0 Å². The number of benzene rings is 1. The molecule has 0 aliphatic heterocycles. The molecule has 3 nitrogen and oxygen atoms in total. The fourth-order valence-corrected chi connectivity index (χ4v) is 1.49. The number of hydrogen-bond acceptors (Lipinski definition) is 2. The summed E-state index contributed by atoms with van der Waals surface area (Å²) in [7, 11) is 0. The van der Waals surface area contributed by atoms with Crippen LogP contribution in [0.5, 0.6) is 0 Å². The first-order valence-corrected chi connectivity index (χ1v) is 5.26. The third kappa shape index (κ3) is 1.96. The average molecular weight is 211 g/mol. The molecule has 16 heavy (non-hydrogen) atoms. The maximum absolute atomic E-state index is 8.82. The van der Waals surface area contributed by atoms with E-state index in [1.807, 2.05) is 30.6 Å². The number of hydrogen-bond donors (Lipinski definition) is 0. The highest BCUT2D eigenvalue weighted by molar-refractivity contribution is 5.41. The molecular weight excluding hydrogens is 198 g/mol. The molecule has 0 atom stereocenters. The summed E-state index contributed by atoms with van der Waals surface area (Å²) in [5.74, 6) is 0.466. The van der Waals surface area contributed by atoms with Crippen molar-refractivity contribution in [3.05, 3.63) is 47.8 Å².